The minimum Gasteiger partial charge on any atom is -0.438 e. The zero-order valence-corrected chi connectivity index (χ0v) is 10.9. The van der Waals surface area contributed by atoms with E-state index in [1.807, 2.05) is 0 Å². The average Bonchev–Trinajstić information content (AvgIpc) is 2.45. The Bertz CT molecular complexity index is 626. The first-order valence-corrected chi connectivity index (χ1v) is 6.08. The average molecular weight is 269 g/mol. The summed E-state index contributed by atoms with van der Waals surface area (Å²) in [6.45, 7) is 3.93. The van der Waals surface area contributed by atoms with E-state index in [0.29, 0.717) is 23.5 Å². The lowest BCUT2D eigenvalue weighted by Gasteiger charge is -2.09. The Hall–Kier alpha value is -2.82. The third-order valence-electron chi connectivity index (χ3n) is 2.50. The van der Waals surface area contributed by atoms with Gasteiger partial charge in [0.25, 0.3) is 5.91 Å². The Kier molecular flexibility index (Phi) is 4.34. The van der Waals surface area contributed by atoms with Gasteiger partial charge in [-0.1, -0.05) is 12.1 Å². The van der Waals surface area contributed by atoms with Crippen molar-refractivity contribution in [2.24, 2.45) is 0 Å². The van der Waals surface area contributed by atoms with Gasteiger partial charge in [-0.05, 0) is 24.3 Å². The minimum absolute atomic E-state index is 0.236. The van der Waals surface area contributed by atoms with Gasteiger partial charge in [-0.3, -0.25) is 4.79 Å². The molecule has 20 heavy (non-hydrogen) atoms. The standard InChI is InChI=1S/C15H15N3O2/c1-2-8-17-14(19)13-7-4-9-18-15(13)20-12-6-3-5-11(16)10-12/h2-7,9-10H,1,8,16H2,(H,17,19). The lowest BCUT2D eigenvalue weighted by atomic mass is 10.2. The lowest BCUT2D eigenvalue weighted by Crippen LogP contribution is -2.23. The molecule has 102 valence electrons. The van der Waals surface area contributed by atoms with Crippen molar-refractivity contribution in [3.8, 4) is 11.6 Å². The number of pyridine rings is 1. The number of amides is 1. The molecule has 0 aliphatic rings. The second-order valence-corrected chi connectivity index (χ2v) is 4.03. The number of anilines is 1. The highest BCUT2D eigenvalue weighted by Gasteiger charge is 2.13. The fraction of sp³-hybridized carbons (Fsp3) is 0.0667. The van der Waals surface area contributed by atoms with Gasteiger partial charge in [0.15, 0.2) is 0 Å². The number of hydrogen-bond acceptors (Lipinski definition) is 4. The van der Waals surface area contributed by atoms with Gasteiger partial charge in [0.2, 0.25) is 5.88 Å². The summed E-state index contributed by atoms with van der Waals surface area (Å²) in [6.07, 6.45) is 3.17. The lowest BCUT2D eigenvalue weighted by molar-refractivity contribution is 0.0955. The van der Waals surface area contributed by atoms with Crippen LogP contribution in [0, 0.1) is 0 Å². The fourth-order valence-electron chi connectivity index (χ4n) is 1.59. The third-order valence-corrected chi connectivity index (χ3v) is 2.50. The van der Waals surface area contributed by atoms with Gasteiger partial charge in [-0.15, -0.1) is 6.58 Å². The molecule has 0 bridgehead atoms. The van der Waals surface area contributed by atoms with E-state index in [0.717, 1.165) is 0 Å². The van der Waals surface area contributed by atoms with Crippen LogP contribution in [0.4, 0.5) is 5.69 Å². The maximum Gasteiger partial charge on any atom is 0.257 e. The number of nitrogens with two attached hydrogens (primary N) is 1. The SMILES string of the molecule is C=CCNC(=O)c1cccnc1Oc1cccc(N)c1. The molecule has 2 rings (SSSR count). The van der Waals surface area contributed by atoms with Crippen molar-refractivity contribution < 1.29 is 9.53 Å². The molecule has 0 saturated heterocycles. The van der Waals surface area contributed by atoms with E-state index >= 15 is 0 Å². The molecule has 0 aliphatic carbocycles. The molecule has 5 heteroatoms. The largest absolute Gasteiger partial charge is 0.438 e. The maximum atomic E-state index is 12.0. The molecule has 2 aromatic rings. The summed E-state index contributed by atoms with van der Waals surface area (Å²) in [5.74, 6) is 0.498. The van der Waals surface area contributed by atoms with E-state index < -0.39 is 0 Å². The molecule has 3 N–H and O–H groups in total. The summed E-state index contributed by atoms with van der Waals surface area (Å²) in [6, 6.07) is 10.3. The van der Waals surface area contributed by atoms with Crippen LogP contribution in [0.15, 0.2) is 55.3 Å². The third kappa shape index (κ3) is 3.35. The quantitative estimate of drug-likeness (QED) is 0.645. The highest BCUT2D eigenvalue weighted by Crippen LogP contribution is 2.24. The molecule has 0 atom stereocenters. The van der Waals surface area contributed by atoms with Crippen molar-refractivity contribution in [3.63, 3.8) is 0 Å². The van der Waals surface area contributed by atoms with Gasteiger partial charge in [0, 0.05) is 24.5 Å². The summed E-state index contributed by atoms with van der Waals surface area (Å²) in [5.41, 5.74) is 6.62. The Morgan fingerprint density at radius 3 is 3.00 bits per heavy atom. The summed E-state index contributed by atoms with van der Waals surface area (Å²) in [7, 11) is 0. The van der Waals surface area contributed by atoms with Crippen molar-refractivity contribution in [2.45, 2.75) is 0 Å². The van der Waals surface area contributed by atoms with Gasteiger partial charge in [-0.25, -0.2) is 4.98 Å². The highest BCUT2D eigenvalue weighted by atomic mass is 16.5. The molecule has 1 amide bonds. The van der Waals surface area contributed by atoms with Crippen LogP contribution < -0.4 is 15.8 Å². The van der Waals surface area contributed by atoms with Gasteiger partial charge in [-0.2, -0.15) is 0 Å². The number of ether oxygens (including phenoxy) is 1. The molecule has 1 aromatic carbocycles. The smallest absolute Gasteiger partial charge is 0.257 e. The second kappa shape index (κ2) is 6.38. The first-order valence-electron chi connectivity index (χ1n) is 6.08. The highest BCUT2D eigenvalue weighted by molar-refractivity contribution is 5.96. The van der Waals surface area contributed by atoms with Crippen LogP contribution in [0.5, 0.6) is 11.6 Å². The number of carbonyl (C=O) groups is 1. The van der Waals surface area contributed by atoms with Crippen molar-refractivity contribution in [1.29, 1.82) is 0 Å². The molecule has 1 aromatic heterocycles. The van der Waals surface area contributed by atoms with Crippen LogP contribution in [0.3, 0.4) is 0 Å². The van der Waals surface area contributed by atoms with Crippen LogP contribution >= 0.6 is 0 Å². The van der Waals surface area contributed by atoms with Gasteiger partial charge in [0.05, 0.1) is 0 Å². The number of hydrogen-bond donors (Lipinski definition) is 2. The zero-order chi connectivity index (χ0) is 14.4. The van der Waals surface area contributed by atoms with Crippen LogP contribution in [-0.2, 0) is 0 Å². The molecule has 5 nitrogen and oxygen atoms in total. The number of nitrogens with zero attached hydrogens (tertiary/aromatic N) is 1. The fourth-order valence-corrected chi connectivity index (χ4v) is 1.59. The molecular formula is C15H15N3O2. The van der Waals surface area contributed by atoms with Crippen LogP contribution in [0.1, 0.15) is 10.4 Å². The van der Waals surface area contributed by atoms with Crippen LogP contribution in [0.2, 0.25) is 0 Å². The number of nitrogens with one attached hydrogen (secondary N) is 1. The summed E-state index contributed by atoms with van der Waals surface area (Å²) in [5, 5.41) is 2.68. The van der Waals surface area contributed by atoms with E-state index in [-0.39, 0.29) is 11.8 Å². The van der Waals surface area contributed by atoms with Crippen LogP contribution in [-0.4, -0.2) is 17.4 Å². The molecule has 0 spiro atoms. The molecule has 0 unspecified atom stereocenters. The second-order valence-electron chi connectivity index (χ2n) is 4.03. The molecule has 1 heterocycles. The molecular weight excluding hydrogens is 254 g/mol. The first kappa shape index (κ1) is 13.6. The van der Waals surface area contributed by atoms with E-state index in [4.69, 9.17) is 10.5 Å². The number of nitrogen functional groups attached to an aromatic ring is 1. The Morgan fingerprint density at radius 1 is 1.40 bits per heavy atom. The van der Waals surface area contributed by atoms with E-state index in [1.54, 1.807) is 48.7 Å². The van der Waals surface area contributed by atoms with Gasteiger partial charge < -0.3 is 15.8 Å². The van der Waals surface area contributed by atoms with E-state index in [1.165, 1.54) is 0 Å². The Balaban J connectivity index is 2.23. The number of benzene rings is 1. The monoisotopic (exact) mass is 269 g/mol. The number of rotatable bonds is 5. The van der Waals surface area contributed by atoms with E-state index in [2.05, 4.69) is 16.9 Å². The first-order chi connectivity index (χ1) is 9.70. The van der Waals surface area contributed by atoms with Gasteiger partial charge in [0.1, 0.15) is 11.3 Å². The number of carbonyl (C=O) groups excluding carboxylic acids is 1. The summed E-state index contributed by atoms with van der Waals surface area (Å²) < 4.78 is 5.61. The zero-order valence-electron chi connectivity index (χ0n) is 10.9. The topological polar surface area (TPSA) is 77.2 Å². The predicted octanol–water partition coefficient (Wildman–Crippen LogP) is 2.37. The van der Waals surface area contributed by atoms with Crippen molar-refractivity contribution in [2.75, 3.05) is 12.3 Å². The minimum atomic E-state index is -0.267. The number of aromatic nitrogens is 1. The van der Waals surface area contributed by atoms with Gasteiger partial charge >= 0.3 is 0 Å². The Labute approximate surface area is 117 Å². The predicted molar refractivity (Wildman–Crippen MR) is 77.7 cm³/mol. The van der Waals surface area contributed by atoms with Crippen molar-refractivity contribution >= 4 is 11.6 Å². The maximum absolute atomic E-state index is 12.0. The van der Waals surface area contributed by atoms with Crippen LogP contribution in [0.25, 0.3) is 0 Å². The normalized spacial score (nSPS) is 9.80. The Morgan fingerprint density at radius 2 is 2.25 bits per heavy atom. The molecule has 0 saturated carbocycles. The molecule has 0 aliphatic heterocycles. The van der Waals surface area contributed by atoms with Crippen molar-refractivity contribution in [3.05, 3.63) is 60.8 Å². The molecule has 0 fully saturated rings. The summed E-state index contributed by atoms with van der Waals surface area (Å²) in [4.78, 5) is 16.1. The van der Waals surface area contributed by atoms with Crippen molar-refractivity contribution in [1.82, 2.24) is 10.3 Å². The van der Waals surface area contributed by atoms with E-state index in [9.17, 15) is 4.79 Å². The molecule has 0 radical (unpaired) electrons. The summed E-state index contributed by atoms with van der Waals surface area (Å²) >= 11 is 0.